The Hall–Kier alpha value is 0.130. The van der Waals surface area contributed by atoms with E-state index >= 15 is 0 Å². The van der Waals surface area contributed by atoms with E-state index in [4.69, 9.17) is 0 Å². The van der Waals surface area contributed by atoms with Crippen molar-refractivity contribution in [3.05, 3.63) is 32.7 Å². The summed E-state index contributed by atoms with van der Waals surface area (Å²) in [4.78, 5) is 12.7. The van der Waals surface area contributed by atoms with Crippen LogP contribution in [0.1, 0.15) is 36.0 Å². The first-order valence-corrected chi connectivity index (χ1v) is 8.95. The van der Waals surface area contributed by atoms with E-state index in [1.807, 2.05) is 18.2 Å². The van der Waals surface area contributed by atoms with Gasteiger partial charge in [0.2, 0.25) is 0 Å². The van der Waals surface area contributed by atoms with Crippen molar-refractivity contribution in [1.82, 2.24) is 5.32 Å². The molecule has 2 atom stereocenters. The summed E-state index contributed by atoms with van der Waals surface area (Å²) in [6.45, 7) is 0.749. The first-order chi connectivity index (χ1) is 9.06. The third kappa shape index (κ3) is 4.57. The summed E-state index contributed by atoms with van der Waals surface area (Å²) in [6.07, 6.45) is 4.96. The van der Waals surface area contributed by atoms with Crippen LogP contribution in [0.3, 0.4) is 0 Å². The number of alkyl halides is 1. The van der Waals surface area contributed by atoms with E-state index in [9.17, 15) is 4.79 Å². The van der Waals surface area contributed by atoms with E-state index in [-0.39, 0.29) is 5.91 Å². The van der Waals surface area contributed by atoms with Crippen molar-refractivity contribution in [2.45, 2.75) is 30.5 Å². The maximum atomic E-state index is 12.1. The molecule has 0 aliphatic heterocycles. The number of carbonyl (C=O) groups is 1. The molecule has 0 radical (unpaired) electrons. The highest BCUT2D eigenvalue weighted by Gasteiger charge is 2.23. The van der Waals surface area contributed by atoms with Gasteiger partial charge in [0.25, 0.3) is 5.91 Å². The van der Waals surface area contributed by atoms with Crippen molar-refractivity contribution < 1.29 is 4.79 Å². The van der Waals surface area contributed by atoms with Gasteiger partial charge in [-0.05, 0) is 37.0 Å². The largest absolute Gasteiger partial charge is 0.352 e. The molecule has 104 valence electrons. The summed E-state index contributed by atoms with van der Waals surface area (Å²) in [5.74, 6) is 0.542. The van der Waals surface area contributed by atoms with Crippen LogP contribution in [0, 0.1) is 5.92 Å². The van der Waals surface area contributed by atoms with Crippen LogP contribution in [0.4, 0.5) is 0 Å². The zero-order valence-electron chi connectivity index (χ0n) is 10.5. The van der Waals surface area contributed by atoms with Gasteiger partial charge in [0.05, 0.1) is 0 Å². The van der Waals surface area contributed by atoms with Gasteiger partial charge in [-0.2, -0.15) is 0 Å². The number of rotatable bonds is 3. The second-order valence-corrected chi connectivity index (χ2v) is 7.94. The van der Waals surface area contributed by atoms with Crippen molar-refractivity contribution in [1.29, 1.82) is 0 Å². The summed E-state index contributed by atoms with van der Waals surface area (Å²) in [7, 11) is 0. The van der Waals surface area contributed by atoms with Crippen LogP contribution in [0.15, 0.2) is 27.1 Å². The second kappa shape index (κ2) is 7.23. The number of carbonyl (C=O) groups excluding carboxylic acids is 1. The SMILES string of the molecule is O=C(NCC1CCCCC1Br)c1cc(Br)cc(Br)c1. The van der Waals surface area contributed by atoms with Crippen LogP contribution < -0.4 is 5.32 Å². The minimum atomic E-state index is -0.00715. The van der Waals surface area contributed by atoms with Crippen LogP contribution in [-0.4, -0.2) is 17.3 Å². The molecule has 2 nitrogen and oxygen atoms in total. The van der Waals surface area contributed by atoms with Gasteiger partial charge in [0, 0.05) is 25.9 Å². The highest BCUT2D eigenvalue weighted by Crippen LogP contribution is 2.29. The predicted molar refractivity (Wildman–Crippen MR) is 88.8 cm³/mol. The Kier molecular flexibility index (Phi) is 5.90. The summed E-state index contributed by atoms with van der Waals surface area (Å²) in [6, 6.07) is 5.60. The standard InChI is InChI=1S/C14H16Br3NO/c15-11-5-10(6-12(16)7-11)14(19)18-8-9-3-1-2-4-13(9)17/h5-7,9,13H,1-4,8H2,(H,18,19). The maximum absolute atomic E-state index is 12.1. The molecule has 1 aromatic rings. The lowest BCUT2D eigenvalue weighted by Crippen LogP contribution is -2.34. The molecule has 1 aliphatic carbocycles. The van der Waals surface area contributed by atoms with Gasteiger partial charge >= 0.3 is 0 Å². The zero-order valence-corrected chi connectivity index (χ0v) is 15.2. The van der Waals surface area contributed by atoms with Crippen LogP contribution >= 0.6 is 47.8 Å². The second-order valence-electron chi connectivity index (χ2n) is 4.93. The number of hydrogen-bond acceptors (Lipinski definition) is 1. The molecule has 0 spiro atoms. The van der Waals surface area contributed by atoms with Crippen LogP contribution in [0.2, 0.25) is 0 Å². The topological polar surface area (TPSA) is 29.1 Å². The summed E-state index contributed by atoms with van der Waals surface area (Å²) >= 11 is 10.5. The fourth-order valence-electron chi connectivity index (χ4n) is 2.40. The molecule has 0 heterocycles. The highest BCUT2D eigenvalue weighted by molar-refractivity contribution is 9.11. The minimum absolute atomic E-state index is 0.00715. The molecule has 2 rings (SSSR count). The number of hydrogen-bond donors (Lipinski definition) is 1. The van der Waals surface area contributed by atoms with Gasteiger partial charge in [-0.3, -0.25) is 4.79 Å². The fraction of sp³-hybridized carbons (Fsp3) is 0.500. The van der Waals surface area contributed by atoms with E-state index in [0.29, 0.717) is 16.3 Å². The normalized spacial score (nSPS) is 23.1. The van der Waals surface area contributed by atoms with Gasteiger partial charge in [-0.15, -0.1) is 0 Å². The molecule has 1 fully saturated rings. The number of benzene rings is 1. The number of amides is 1. The van der Waals surface area contributed by atoms with Crippen LogP contribution in [-0.2, 0) is 0 Å². The van der Waals surface area contributed by atoms with Gasteiger partial charge in [-0.1, -0.05) is 60.6 Å². The van der Waals surface area contributed by atoms with Crippen LogP contribution in [0.5, 0.6) is 0 Å². The van der Waals surface area contributed by atoms with Crippen molar-refractivity contribution in [3.8, 4) is 0 Å². The molecule has 1 aromatic carbocycles. The van der Waals surface area contributed by atoms with E-state index < -0.39 is 0 Å². The van der Waals surface area contributed by atoms with E-state index in [2.05, 4.69) is 53.1 Å². The Morgan fingerprint density at radius 2 is 1.79 bits per heavy atom. The molecular weight excluding hydrogens is 438 g/mol. The number of nitrogens with one attached hydrogen (secondary N) is 1. The molecule has 19 heavy (non-hydrogen) atoms. The predicted octanol–water partition coefficient (Wildman–Crippen LogP) is 4.90. The molecule has 1 N–H and O–H groups in total. The van der Waals surface area contributed by atoms with Gasteiger partial charge in [0.15, 0.2) is 0 Å². The molecule has 0 bridgehead atoms. The lowest BCUT2D eigenvalue weighted by molar-refractivity contribution is 0.0944. The zero-order chi connectivity index (χ0) is 13.8. The molecule has 0 saturated heterocycles. The summed E-state index contributed by atoms with van der Waals surface area (Å²) < 4.78 is 1.81. The molecule has 1 saturated carbocycles. The molecule has 0 aromatic heterocycles. The quantitative estimate of drug-likeness (QED) is 0.648. The Morgan fingerprint density at radius 3 is 2.42 bits per heavy atom. The highest BCUT2D eigenvalue weighted by atomic mass is 79.9. The van der Waals surface area contributed by atoms with Gasteiger partial charge in [0.1, 0.15) is 0 Å². The minimum Gasteiger partial charge on any atom is -0.352 e. The maximum Gasteiger partial charge on any atom is 0.251 e. The summed E-state index contributed by atoms with van der Waals surface area (Å²) in [5, 5.41) is 3.04. The first kappa shape index (κ1) is 15.5. The first-order valence-electron chi connectivity index (χ1n) is 6.44. The Morgan fingerprint density at radius 1 is 1.16 bits per heavy atom. The molecular formula is C14H16Br3NO. The Bertz CT molecular complexity index is 444. The molecule has 1 aliphatic rings. The lowest BCUT2D eigenvalue weighted by Gasteiger charge is -2.27. The Balaban J connectivity index is 1.93. The van der Waals surface area contributed by atoms with Crippen molar-refractivity contribution >= 4 is 53.7 Å². The van der Waals surface area contributed by atoms with E-state index in [1.54, 1.807) is 0 Å². The monoisotopic (exact) mass is 451 g/mol. The van der Waals surface area contributed by atoms with Crippen molar-refractivity contribution in [2.75, 3.05) is 6.54 Å². The number of halogens is 3. The Labute approximate surface area is 139 Å². The van der Waals surface area contributed by atoms with E-state index in [1.165, 1.54) is 25.7 Å². The average Bonchev–Trinajstić information content (AvgIpc) is 2.36. The fourth-order valence-corrected chi connectivity index (χ4v) is 4.47. The third-order valence-corrected chi connectivity index (χ3v) is 5.59. The molecule has 1 amide bonds. The van der Waals surface area contributed by atoms with E-state index in [0.717, 1.165) is 15.5 Å². The lowest BCUT2D eigenvalue weighted by atomic mass is 9.89. The average molecular weight is 454 g/mol. The molecule has 5 heteroatoms. The summed E-state index contributed by atoms with van der Waals surface area (Å²) in [5.41, 5.74) is 0.684. The smallest absolute Gasteiger partial charge is 0.251 e. The third-order valence-electron chi connectivity index (χ3n) is 3.47. The van der Waals surface area contributed by atoms with Crippen molar-refractivity contribution in [3.63, 3.8) is 0 Å². The van der Waals surface area contributed by atoms with Crippen LogP contribution in [0.25, 0.3) is 0 Å². The molecule has 2 unspecified atom stereocenters. The van der Waals surface area contributed by atoms with Crippen molar-refractivity contribution in [2.24, 2.45) is 5.92 Å². The van der Waals surface area contributed by atoms with Gasteiger partial charge < -0.3 is 5.32 Å². The van der Waals surface area contributed by atoms with Gasteiger partial charge in [-0.25, -0.2) is 0 Å².